The molecule has 2 aliphatic heterocycles. The average molecular weight is 415 g/mol. The molecule has 4 heterocycles. The van der Waals surface area contributed by atoms with Crippen LogP contribution in [-0.2, 0) is 24.3 Å². The molecule has 2 N–H and O–H groups in total. The van der Waals surface area contributed by atoms with Crippen LogP contribution in [0.25, 0.3) is 0 Å². The lowest BCUT2D eigenvalue weighted by molar-refractivity contribution is -0.117. The van der Waals surface area contributed by atoms with Gasteiger partial charge in [-0.2, -0.15) is 0 Å². The highest BCUT2D eigenvalue weighted by Crippen LogP contribution is 2.30. The highest BCUT2D eigenvalue weighted by Gasteiger charge is 2.26. The molecule has 2 aliphatic rings. The zero-order chi connectivity index (χ0) is 21.2. The van der Waals surface area contributed by atoms with Crippen LogP contribution in [0.1, 0.15) is 27.2 Å². The number of anilines is 2. The minimum absolute atomic E-state index is 0.0992. The van der Waals surface area contributed by atoms with Gasteiger partial charge in [0.25, 0.3) is 5.91 Å². The maximum Gasteiger partial charge on any atom is 0.253 e. The summed E-state index contributed by atoms with van der Waals surface area (Å²) in [7, 11) is 0. The zero-order valence-corrected chi connectivity index (χ0v) is 16.8. The lowest BCUT2D eigenvalue weighted by atomic mass is 10.1. The summed E-state index contributed by atoms with van der Waals surface area (Å²) in [6, 6.07) is 13.2. The van der Waals surface area contributed by atoms with Gasteiger partial charge in [-0.1, -0.05) is 18.2 Å². The van der Waals surface area contributed by atoms with Crippen LogP contribution >= 0.6 is 0 Å². The van der Waals surface area contributed by atoms with Crippen LogP contribution in [0.5, 0.6) is 5.75 Å². The largest absolute Gasteiger partial charge is 0.493 e. The molecule has 5 rings (SSSR count). The van der Waals surface area contributed by atoms with Gasteiger partial charge in [-0.25, -0.2) is 4.98 Å². The third-order valence-corrected chi connectivity index (χ3v) is 5.38. The molecule has 0 aliphatic carbocycles. The minimum Gasteiger partial charge on any atom is -0.493 e. The van der Waals surface area contributed by atoms with Crippen LogP contribution in [0.3, 0.4) is 0 Å². The van der Waals surface area contributed by atoms with Crippen molar-refractivity contribution in [2.24, 2.45) is 0 Å². The third kappa shape index (κ3) is 3.92. The molecule has 0 radical (unpaired) electrons. The van der Waals surface area contributed by atoms with Gasteiger partial charge in [0.05, 0.1) is 36.6 Å². The molecule has 1 aromatic carbocycles. The van der Waals surface area contributed by atoms with E-state index >= 15 is 0 Å². The van der Waals surface area contributed by atoms with Gasteiger partial charge in [0.15, 0.2) is 5.82 Å². The van der Waals surface area contributed by atoms with Gasteiger partial charge in [-0.15, -0.1) is 0 Å². The van der Waals surface area contributed by atoms with Crippen molar-refractivity contribution in [1.29, 1.82) is 0 Å². The molecule has 2 amide bonds. The van der Waals surface area contributed by atoms with Crippen molar-refractivity contribution in [3.63, 3.8) is 0 Å². The van der Waals surface area contributed by atoms with Crippen LogP contribution in [0.2, 0.25) is 0 Å². The molecular formula is C23H21N5O3. The second-order valence-electron chi connectivity index (χ2n) is 7.47. The Morgan fingerprint density at radius 2 is 2.13 bits per heavy atom. The van der Waals surface area contributed by atoms with Crippen molar-refractivity contribution >= 4 is 23.3 Å². The number of fused-ring (bicyclic) bond motifs is 2. The quantitative estimate of drug-likeness (QED) is 0.664. The first kappa shape index (κ1) is 19.0. The third-order valence-electron chi connectivity index (χ3n) is 5.38. The second kappa shape index (κ2) is 8.06. The molecular weight excluding hydrogens is 394 g/mol. The van der Waals surface area contributed by atoms with E-state index < -0.39 is 0 Å². The lowest BCUT2D eigenvalue weighted by Gasteiger charge is -2.29. The van der Waals surface area contributed by atoms with E-state index in [9.17, 15) is 9.59 Å². The number of amides is 2. The molecule has 0 atom stereocenters. The van der Waals surface area contributed by atoms with E-state index in [0.717, 1.165) is 29.0 Å². The summed E-state index contributed by atoms with van der Waals surface area (Å²) in [6.45, 7) is 1.57. The molecule has 156 valence electrons. The van der Waals surface area contributed by atoms with Crippen LogP contribution in [0, 0.1) is 0 Å². The number of carbonyl (C=O) groups is 2. The molecule has 8 heteroatoms. The molecule has 0 fully saturated rings. The number of aromatic nitrogens is 2. The Morgan fingerprint density at radius 1 is 1.19 bits per heavy atom. The Balaban J connectivity index is 1.33. The highest BCUT2D eigenvalue weighted by atomic mass is 16.5. The summed E-state index contributed by atoms with van der Waals surface area (Å²) in [5, 5.41) is 5.94. The van der Waals surface area contributed by atoms with Gasteiger partial charge in [0.2, 0.25) is 5.91 Å². The predicted molar refractivity (Wildman–Crippen MR) is 115 cm³/mol. The molecule has 31 heavy (non-hydrogen) atoms. The van der Waals surface area contributed by atoms with Crippen LogP contribution in [-0.4, -0.2) is 34.9 Å². The van der Waals surface area contributed by atoms with E-state index in [1.807, 2.05) is 30.3 Å². The topological polar surface area (TPSA) is 96.4 Å². The zero-order valence-electron chi connectivity index (χ0n) is 16.8. The highest BCUT2D eigenvalue weighted by molar-refractivity contribution is 6.04. The van der Waals surface area contributed by atoms with Crippen molar-refractivity contribution in [1.82, 2.24) is 15.3 Å². The van der Waals surface area contributed by atoms with Crippen molar-refractivity contribution < 1.29 is 14.3 Å². The second-order valence-corrected chi connectivity index (χ2v) is 7.47. The fourth-order valence-electron chi connectivity index (χ4n) is 3.77. The Hall–Kier alpha value is -3.94. The normalized spacial score (nSPS) is 14.3. The SMILES string of the molecule is O=C(NCc1ccc2c(c1)CCO2)c1cnc2c(c1)N(Cc1ccccn1)C(=O)CN2. The Labute approximate surface area is 179 Å². The summed E-state index contributed by atoms with van der Waals surface area (Å²) >= 11 is 0. The Bertz CT molecular complexity index is 1150. The number of carbonyl (C=O) groups excluding carboxylic acids is 2. The number of pyridine rings is 2. The maximum atomic E-state index is 12.8. The lowest BCUT2D eigenvalue weighted by Crippen LogP contribution is -2.40. The molecule has 0 bridgehead atoms. The van der Waals surface area contributed by atoms with Gasteiger partial charge in [0, 0.05) is 25.4 Å². The summed E-state index contributed by atoms with van der Waals surface area (Å²) in [6.07, 6.45) is 4.10. The van der Waals surface area contributed by atoms with Crippen molar-refractivity contribution in [3.8, 4) is 5.75 Å². The van der Waals surface area contributed by atoms with E-state index in [0.29, 0.717) is 36.8 Å². The first-order valence-corrected chi connectivity index (χ1v) is 10.1. The number of hydrogen-bond donors (Lipinski definition) is 2. The summed E-state index contributed by atoms with van der Waals surface area (Å²) < 4.78 is 5.52. The summed E-state index contributed by atoms with van der Waals surface area (Å²) in [5.41, 5.74) is 3.91. The van der Waals surface area contributed by atoms with Crippen LogP contribution in [0.4, 0.5) is 11.5 Å². The van der Waals surface area contributed by atoms with Gasteiger partial charge in [-0.05, 0) is 35.4 Å². The van der Waals surface area contributed by atoms with Crippen molar-refractivity contribution in [2.45, 2.75) is 19.5 Å². The first-order chi connectivity index (χ1) is 15.2. The van der Waals surface area contributed by atoms with Gasteiger partial charge < -0.3 is 20.3 Å². The Kier molecular flexibility index (Phi) is 4.95. The van der Waals surface area contributed by atoms with Crippen LogP contribution in [0.15, 0.2) is 54.9 Å². The van der Waals surface area contributed by atoms with E-state index in [1.54, 1.807) is 17.2 Å². The molecule has 3 aromatic rings. The Morgan fingerprint density at radius 3 is 3.00 bits per heavy atom. The molecule has 8 nitrogen and oxygen atoms in total. The number of rotatable bonds is 5. The van der Waals surface area contributed by atoms with E-state index in [1.165, 1.54) is 6.20 Å². The molecule has 0 unspecified atom stereocenters. The van der Waals surface area contributed by atoms with Gasteiger partial charge in [-0.3, -0.25) is 14.6 Å². The monoisotopic (exact) mass is 415 g/mol. The number of ether oxygens (including phenoxy) is 1. The van der Waals surface area contributed by atoms with Gasteiger partial charge >= 0.3 is 0 Å². The molecule has 0 spiro atoms. The van der Waals surface area contributed by atoms with E-state index in [2.05, 4.69) is 26.7 Å². The summed E-state index contributed by atoms with van der Waals surface area (Å²) in [4.78, 5) is 35.6. The standard InChI is InChI=1S/C23H21N5O3/c29-21-13-26-22-19(28(21)14-18-3-1-2-7-24-18)10-17(12-25-22)23(30)27-11-15-4-5-20-16(9-15)6-8-31-20/h1-5,7,9-10,12H,6,8,11,13-14H2,(H,25,26)(H,27,30). The first-order valence-electron chi connectivity index (χ1n) is 10.1. The fourth-order valence-corrected chi connectivity index (χ4v) is 3.77. The van der Waals surface area contributed by atoms with E-state index in [4.69, 9.17) is 4.74 Å². The fraction of sp³-hybridized carbons (Fsp3) is 0.217. The smallest absolute Gasteiger partial charge is 0.253 e. The van der Waals surface area contributed by atoms with Gasteiger partial charge in [0.1, 0.15) is 5.75 Å². The molecule has 0 saturated heterocycles. The average Bonchev–Trinajstić information content (AvgIpc) is 3.28. The predicted octanol–water partition coefficient (Wildman–Crippen LogP) is 2.30. The van der Waals surface area contributed by atoms with Crippen molar-refractivity contribution in [2.75, 3.05) is 23.4 Å². The number of hydrogen-bond acceptors (Lipinski definition) is 6. The molecule has 0 saturated carbocycles. The number of benzene rings is 1. The number of nitrogens with one attached hydrogen (secondary N) is 2. The minimum atomic E-state index is -0.247. The molecule has 2 aromatic heterocycles. The number of nitrogens with zero attached hydrogens (tertiary/aromatic N) is 3. The van der Waals surface area contributed by atoms with Crippen molar-refractivity contribution in [3.05, 3.63) is 77.2 Å². The van der Waals surface area contributed by atoms with Crippen LogP contribution < -0.4 is 20.3 Å². The summed E-state index contributed by atoms with van der Waals surface area (Å²) in [5.74, 6) is 1.14. The maximum absolute atomic E-state index is 12.8. The van der Waals surface area contributed by atoms with E-state index in [-0.39, 0.29) is 18.4 Å².